The zero-order chi connectivity index (χ0) is 14.8. The third-order valence-corrected chi connectivity index (χ3v) is 5.01. The Balaban J connectivity index is 2.32. The molecule has 2 atom stereocenters. The first-order chi connectivity index (χ1) is 9.45. The Morgan fingerprint density at radius 3 is 2.65 bits per heavy atom. The molecule has 3 N–H and O–H groups in total. The van der Waals surface area contributed by atoms with E-state index in [0.717, 1.165) is 12.8 Å². The number of nitrogens with two attached hydrogens (primary N) is 1. The van der Waals surface area contributed by atoms with E-state index in [4.69, 9.17) is 5.73 Å². The van der Waals surface area contributed by atoms with Gasteiger partial charge in [0.25, 0.3) is 0 Å². The molecule has 0 aliphatic heterocycles. The molecule has 0 bridgehead atoms. The van der Waals surface area contributed by atoms with E-state index >= 15 is 0 Å². The van der Waals surface area contributed by atoms with Crippen LogP contribution in [0.15, 0.2) is 29.2 Å². The lowest BCUT2D eigenvalue weighted by Gasteiger charge is -2.18. The molecule has 0 saturated heterocycles. The van der Waals surface area contributed by atoms with Crippen LogP contribution in [0, 0.1) is 0 Å². The summed E-state index contributed by atoms with van der Waals surface area (Å²) >= 11 is 0. The third kappa shape index (κ3) is 3.00. The Morgan fingerprint density at radius 1 is 1.35 bits per heavy atom. The van der Waals surface area contributed by atoms with Gasteiger partial charge in [0.15, 0.2) is 0 Å². The van der Waals surface area contributed by atoms with Gasteiger partial charge in [-0.15, -0.1) is 0 Å². The highest BCUT2D eigenvalue weighted by Gasteiger charge is 2.30. The fraction of sp³-hybridized carbons (Fsp3) is 0.462. The SMILES string of the molecule is COC(=O)c1ccccc1S(=O)(=O)NC1CCCC1N. The van der Waals surface area contributed by atoms with Crippen molar-refractivity contribution in [3.8, 4) is 0 Å². The predicted molar refractivity (Wildman–Crippen MR) is 73.7 cm³/mol. The van der Waals surface area contributed by atoms with E-state index in [1.165, 1.54) is 19.2 Å². The van der Waals surface area contributed by atoms with E-state index < -0.39 is 16.0 Å². The normalized spacial score (nSPS) is 22.7. The van der Waals surface area contributed by atoms with E-state index in [-0.39, 0.29) is 22.5 Å². The Labute approximate surface area is 118 Å². The Hall–Kier alpha value is -1.44. The molecule has 1 fully saturated rings. The zero-order valence-electron chi connectivity index (χ0n) is 11.2. The van der Waals surface area contributed by atoms with Gasteiger partial charge in [-0.2, -0.15) is 0 Å². The zero-order valence-corrected chi connectivity index (χ0v) is 12.0. The molecule has 2 rings (SSSR count). The largest absolute Gasteiger partial charge is 0.465 e. The predicted octanol–water partition coefficient (Wildman–Crippen LogP) is 0.631. The van der Waals surface area contributed by atoms with Crippen molar-refractivity contribution in [3.63, 3.8) is 0 Å². The van der Waals surface area contributed by atoms with E-state index in [2.05, 4.69) is 9.46 Å². The first-order valence-electron chi connectivity index (χ1n) is 6.41. The van der Waals surface area contributed by atoms with Gasteiger partial charge in [-0.25, -0.2) is 17.9 Å². The Kier molecular flexibility index (Phi) is 4.42. The molecule has 0 aromatic heterocycles. The molecular weight excluding hydrogens is 280 g/mol. The summed E-state index contributed by atoms with van der Waals surface area (Å²) in [5, 5.41) is 0. The summed E-state index contributed by atoms with van der Waals surface area (Å²) in [4.78, 5) is 11.6. The molecule has 0 amide bonds. The molecule has 6 nitrogen and oxygen atoms in total. The number of carbonyl (C=O) groups excluding carboxylic acids is 1. The van der Waals surface area contributed by atoms with Crippen molar-refractivity contribution >= 4 is 16.0 Å². The summed E-state index contributed by atoms with van der Waals surface area (Å²) in [6.07, 6.45) is 2.40. The molecule has 0 radical (unpaired) electrons. The van der Waals surface area contributed by atoms with Crippen molar-refractivity contribution in [2.75, 3.05) is 7.11 Å². The summed E-state index contributed by atoms with van der Waals surface area (Å²) in [6, 6.07) is 5.49. The molecule has 0 spiro atoms. The first-order valence-corrected chi connectivity index (χ1v) is 7.89. The maximum atomic E-state index is 12.4. The minimum atomic E-state index is -3.79. The number of hydrogen-bond donors (Lipinski definition) is 2. The van der Waals surface area contributed by atoms with Crippen molar-refractivity contribution in [1.82, 2.24) is 4.72 Å². The second-order valence-electron chi connectivity index (χ2n) is 4.81. The molecule has 0 heterocycles. The minimum Gasteiger partial charge on any atom is -0.465 e. The highest BCUT2D eigenvalue weighted by Crippen LogP contribution is 2.22. The van der Waals surface area contributed by atoms with Crippen LogP contribution in [0.25, 0.3) is 0 Å². The number of benzene rings is 1. The summed E-state index contributed by atoms with van der Waals surface area (Å²) in [5.41, 5.74) is 5.89. The highest BCUT2D eigenvalue weighted by molar-refractivity contribution is 7.89. The van der Waals surface area contributed by atoms with Gasteiger partial charge in [-0.3, -0.25) is 0 Å². The summed E-state index contributed by atoms with van der Waals surface area (Å²) in [6.45, 7) is 0. The number of esters is 1. The van der Waals surface area contributed by atoms with E-state index in [9.17, 15) is 13.2 Å². The maximum Gasteiger partial charge on any atom is 0.339 e. The molecule has 20 heavy (non-hydrogen) atoms. The van der Waals surface area contributed by atoms with Crippen LogP contribution in [0.5, 0.6) is 0 Å². The number of nitrogens with one attached hydrogen (secondary N) is 1. The van der Waals surface area contributed by atoms with Gasteiger partial charge in [-0.1, -0.05) is 18.6 Å². The molecular formula is C13H18N2O4S. The fourth-order valence-corrected chi connectivity index (χ4v) is 3.89. The van der Waals surface area contributed by atoms with Crippen LogP contribution >= 0.6 is 0 Å². The molecule has 1 aliphatic rings. The van der Waals surface area contributed by atoms with Gasteiger partial charge in [0.2, 0.25) is 10.0 Å². The monoisotopic (exact) mass is 298 g/mol. The van der Waals surface area contributed by atoms with Crippen molar-refractivity contribution in [2.24, 2.45) is 5.73 Å². The third-order valence-electron chi connectivity index (χ3n) is 3.46. The van der Waals surface area contributed by atoms with Gasteiger partial charge >= 0.3 is 5.97 Å². The maximum absolute atomic E-state index is 12.4. The molecule has 1 saturated carbocycles. The number of rotatable bonds is 4. The summed E-state index contributed by atoms with van der Waals surface area (Å²) in [5.74, 6) is -0.679. The standard InChI is InChI=1S/C13H18N2O4S/c1-19-13(16)9-5-2-3-8-12(9)20(17,18)15-11-7-4-6-10(11)14/h2-3,5,8,10-11,15H,4,6-7,14H2,1H3. The van der Waals surface area contributed by atoms with Crippen LogP contribution in [0.2, 0.25) is 0 Å². The molecule has 7 heteroatoms. The van der Waals surface area contributed by atoms with Crippen molar-refractivity contribution in [1.29, 1.82) is 0 Å². The number of hydrogen-bond acceptors (Lipinski definition) is 5. The fourth-order valence-electron chi connectivity index (χ4n) is 2.38. The Morgan fingerprint density at radius 2 is 2.05 bits per heavy atom. The molecule has 110 valence electrons. The van der Waals surface area contributed by atoms with E-state index in [1.54, 1.807) is 12.1 Å². The summed E-state index contributed by atoms with van der Waals surface area (Å²) < 4.78 is 32.0. The van der Waals surface area contributed by atoms with E-state index in [0.29, 0.717) is 6.42 Å². The van der Waals surface area contributed by atoms with Gasteiger partial charge < -0.3 is 10.5 Å². The van der Waals surface area contributed by atoms with Gasteiger partial charge in [0.1, 0.15) is 0 Å². The minimum absolute atomic E-state index is 0.0223. The summed E-state index contributed by atoms with van der Waals surface area (Å²) in [7, 11) is -2.58. The van der Waals surface area contributed by atoms with Crippen LogP contribution in [0.1, 0.15) is 29.6 Å². The lowest BCUT2D eigenvalue weighted by Crippen LogP contribution is -2.44. The lowest BCUT2D eigenvalue weighted by atomic mass is 10.2. The second-order valence-corrected chi connectivity index (χ2v) is 6.49. The average molecular weight is 298 g/mol. The van der Waals surface area contributed by atoms with E-state index in [1.807, 2.05) is 0 Å². The van der Waals surface area contributed by atoms with Crippen LogP contribution in [0.4, 0.5) is 0 Å². The molecule has 1 aromatic carbocycles. The van der Waals surface area contributed by atoms with Crippen molar-refractivity contribution in [3.05, 3.63) is 29.8 Å². The number of ether oxygens (including phenoxy) is 1. The number of sulfonamides is 1. The van der Waals surface area contributed by atoms with Gasteiger partial charge in [0, 0.05) is 12.1 Å². The van der Waals surface area contributed by atoms with Gasteiger partial charge in [0.05, 0.1) is 17.6 Å². The smallest absolute Gasteiger partial charge is 0.339 e. The molecule has 1 aromatic rings. The van der Waals surface area contributed by atoms with Crippen molar-refractivity contribution in [2.45, 2.75) is 36.2 Å². The van der Waals surface area contributed by atoms with Crippen LogP contribution in [-0.4, -0.2) is 33.6 Å². The van der Waals surface area contributed by atoms with Crippen molar-refractivity contribution < 1.29 is 17.9 Å². The highest BCUT2D eigenvalue weighted by atomic mass is 32.2. The quantitative estimate of drug-likeness (QED) is 0.794. The molecule has 1 aliphatic carbocycles. The average Bonchev–Trinajstić information content (AvgIpc) is 2.83. The number of methoxy groups -OCH3 is 1. The van der Waals surface area contributed by atoms with Gasteiger partial charge in [-0.05, 0) is 25.0 Å². The number of carbonyl (C=O) groups is 1. The first kappa shape index (κ1) is 15.0. The van der Waals surface area contributed by atoms with Crippen LogP contribution in [-0.2, 0) is 14.8 Å². The van der Waals surface area contributed by atoms with Crippen LogP contribution in [0.3, 0.4) is 0 Å². The van der Waals surface area contributed by atoms with Crippen LogP contribution < -0.4 is 10.5 Å². The molecule has 2 unspecified atom stereocenters. The Bertz CT molecular complexity index is 600. The lowest BCUT2D eigenvalue weighted by molar-refractivity contribution is 0.0596. The topological polar surface area (TPSA) is 98.5 Å². The second kappa shape index (κ2) is 5.90.